The fourth-order valence-electron chi connectivity index (χ4n) is 1.88. The van der Waals surface area contributed by atoms with Crippen LogP contribution in [0.5, 0.6) is 0 Å². The maximum Gasteiger partial charge on any atom is 0.393 e. The second kappa shape index (κ2) is 4.63. The van der Waals surface area contributed by atoms with Crippen molar-refractivity contribution in [2.24, 2.45) is 5.92 Å². The van der Waals surface area contributed by atoms with E-state index in [2.05, 4.69) is 0 Å². The molecule has 10 heteroatoms. The number of halogens is 4. The molecular weight excluding hydrogens is 269 g/mol. The van der Waals surface area contributed by atoms with Crippen molar-refractivity contribution in [2.75, 3.05) is 0 Å². The molecule has 0 radical (unpaired) electrons. The second-order valence-corrected chi connectivity index (χ2v) is 4.36. The zero-order valence-corrected chi connectivity index (χ0v) is 9.02. The number of alkyl halides is 4. The first-order valence-corrected chi connectivity index (χ1v) is 5.06. The van der Waals surface area contributed by atoms with Crippen LogP contribution in [0.1, 0.15) is 12.8 Å². The van der Waals surface area contributed by atoms with Gasteiger partial charge in [0.2, 0.25) is 12.1 Å². The molecule has 0 amide bonds. The Morgan fingerprint density at radius 3 is 2.00 bits per heavy atom. The molecule has 1 fully saturated rings. The number of nitrogens with zero attached hydrogens (tertiary/aromatic N) is 2. The van der Waals surface area contributed by atoms with Crippen LogP contribution in [0.3, 0.4) is 0 Å². The Balaban J connectivity index is 2.98. The summed E-state index contributed by atoms with van der Waals surface area (Å²) in [6.45, 7) is 0. The van der Waals surface area contributed by atoms with Crippen LogP contribution in [0.2, 0.25) is 0 Å². The molecule has 0 bridgehead atoms. The molecule has 1 rings (SSSR count). The monoisotopic (exact) mass is 276 g/mol. The molecule has 1 aliphatic rings. The molecule has 0 spiro atoms. The smallest absolute Gasteiger partial charge is 0.264 e. The highest BCUT2D eigenvalue weighted by Crippen LogP contribution is 2.41. The van der Waals surface area contributed by atoms with Gasteiger partial charge in [-0.2, -0.15) is 13.2 Å². The third-order valence-corrected chi connectivity index (χ3v) is 3.38. The van der Waals surface area contributed by atoms with Gasteiger partial charge in [-0.1, -0.05) is 0 Å². The van der Waals surface area contributed by atoms with Gasteiger partial charge in [0, 0.05) is 16.3 Å². The van der Waals surface area contributed by atoms with Crippen molar-refractivity contribution in [3.63, 3.8) is 0 Å². The van der Waals surface area contributed by atoms with Crippen molar-refractivity contribution in [1.29, 1.82) is 0 Å². The predicted molar refractivity (Wildman–Crippen MR) is 50.0 cm³/mol. The largest absolute Gasteiger partial charge is 0.393 e. The minimum absolute atomic E-state index is 0.569. The van der Waals surface area contributed by atoms with Crippen molar-refractivity contribution in [2.45, 2.75) is 36.5 Å². The number of nitro groups is 2. The van der Waals surface area contributed by atoms with Crippen molar-refractivity contribution in [3.8, 4) is 0 Å². The Bertz CT molecular complexity index is 338. The summed E-state index contributed by atoms with van der Waals surface area (Å²) < 4.78 is 37.6. The summed E-state index contributed by atoms with van der Waals surface area (Å²) in [7, 11) is 0. The van der Waals surface area contributed by atoms with Crippen molar-refractivity contribution < 1.29 is 23.0 Å². The lowest BCUT2D eigenvalue weighted by molar-refractivity contribution is -0.572. The Hall–Kier alpha value is -1.12. The van der Waals surface area contributed by atoms with E-state index in [-0.39, 0.29) is 0 Å². The fraction of sp³-hybridized carbons (Fsp3) is 1.00. The average Bonchev–Trinajstić information content (AvgIpc) is 2.15. The van der Waals surface area contributed by atoms with Crippen LogP contribution in [0, 0.1) is 26.1 Å². The second-order valence-electron chi connectivity index (χ2n) is 3.86. The molecule has 6 nitrogen and oxygen atoms in total. The van der Waals surface area contributed by atoms with Crippen LogP contribution in [0.25, 0.3) is 0 Å². The summed E-state index contributed by atoms with van der Waals surface area (Å²) in [5.74, 6) is -2.22. The van der Waals surface area contributed by atoms with Gasteiger partial charge in [0.05, 0.1) is 12.3 Å². The zero-order chi connectivity index (χ0) is 13.4. The Kier molecular flexibility index (Phi) is 3.80. The van der Waals surface area contributed by atoms with Crippen LogP contribution < -0.4 is 0 Å². The normalized spacial score (nSPS) is 34.4. The lowest BCUT2D eigenvalue weighted by Gasteiger charge is -2.31. The molecule has 1 aliphatic carbocycles. The molecule has 0 aromatic carbocycles. The highest BCUT2D eigenvalue weighted by Gasteiger charge is 2.57. The van der Waals surface area contributed by atoms with Gasteiger partial charge in [-0.25, -0.2) is 0 Å². The standard InChI is InChI=1S/C7H8ClF3N2O4/c8-6-4(7(9,10)11)1-3(12(14)15)2-5(6)13(16)17/h3-6H,1-2H2. The minimum Gasteiger partial charge on any atom is -0.264 e. The van der Waals surface area contributed by atoms with E-state index in [4.69, 9.17) is 11.6 Å². The van der Waals surface area contributed by atoms with Crippen LogP contribution in [-0.4, -0.2) is 33.5 Å². The van der Waals surface area contributed by atoms with E-state index >= 15 is 0 Å². The first kappa shape index (κ1) is 13.9. The van der Waals surface area contributed by atoms with E-state index in [0.29, 0.717) is 0 Å². The third kappa shape index (κ3) is 2.96. The van der Waals surface area contributed by atoms with E-state index in [1.54, 1.807) is 0 Å². The third-order valence-electron chi connectivity index (χ3n) is 2.78. The summed E-state index contributed by atoms with van der Waals surface area (Å²) in [5.41, 5.74) is 0. The lowest BCUT2D eigenvalue weighted by atomic mass is 9.82. The first-order chi connectivity index (χ1) is 7.64. The molecule has 0 aromatic heterocycles. The lowest BCUT2D eigenvalue weighted by Crippen LogP contribution is -2.51. The van der Waals surface area contributed by atoms with Gasteiger partial charge >= 0.3 is 6.18 Å². The van der Waals surface area contributed by atoms with Gasteiger partial charge in [-0.3, -0.25) is 20.2 Å². The van der Waals surface area contributed by atoms with E-state index in [1.807, 2.05) is 0 Å². The van der Waals surface area contributed by atoms with Gasteiger partial charge < -0.3 is 0 Å². The number of hydrogen-bond acceptors (Lipinski definition) is 4. The highest BCUT2D eigenvalue weighted by atomic mass is 35.5. The predicted octanol–water partition coefficient (Wildman–Crippen LogP) is 1.86. The van der Waals surface area contributed by atoms with Crippen LogP contribution in [0.15, 0.2) is 0 Å². The molecule has 0 aromatic rings. The molecule has 0 N–H and O–H groups in total. The highest BCUT2D eigenvalue weighted by molar-refractivity contribution is 6.21. The van der Waals surface area contributed by atoms with Crippen LogP contribution >= 0.6 is 11.6 Å². The molecule has 0 heterocycles. The molecule has 0 saturated heterocycles. The molecule has 4 atom stereocenters. The van der Waals surface area contributed by atoms with Crippen molar-refractivity contribution >= 4 is 11.6 Å². The van der Waals surface area contributed by atoms with Crippen molar-refractivity contribution in [3.05, 3.63) is 20.2 Å². The van der Waals surface area contributed by atoms with Gasteiger partial charge in [-0.05, 0) is 0 Å². The summed E-state index contributed by atoms with van der Waals surface area (Å²) in [5, 5.41) is 19.2. The SMILES string of the molecule is O=[N+]([O-])C1CC([N+](=O)[O-])C(Cl)C(C(F)(F)F)C1. The molecule has 1 saturated carbocycles. The Labute approximate surface area is 98.0 Å². The summed E-state index contributed by atoms with van der Waals surface area (Å²) >= 11 is 5.41. The van der Waals surface area contributed by atoms with Gasteiger partial charge in [0.15, 0.2) is 0 Å². The number of hydrogen-bond donors (Lipinski definition) is 0. The van der Waals surface area contributed by atoms with E-state index in [1.165, 1.54) is 0 Å². The summed E-state index contributed by atoms with van der Waals surface area (Å²) in [4.78, 5) is 19.1. The minimum atomic E-state index is -4.77. The summed E-state index contributed by atoms with van der Waals surface area (Å²) in [6.07, 6.45) is -6.15. The van der Waals surface area contributed by atoms with Crippen LogP contribution in [-0.2, 0) is 0 Å². The topological polar surface area (TPSA) is 86.3 Å². The quantitative estimate of drug-likeness (QED) is 0.437. The maximum atomic E-state index is 12.5. The fourth-order valence-corrected chi connectivity index (χ4v) is 2.33. The molecule has 17 heavy (non-hydrogen) atoms. The summed E-state index contributed by atoms with van der Waals surface area (Å²) in [6, 6.07) is -3.32. The van der Waals surface area contributed by atoms with Crippen molar-refractivity contribution in [1.82, 2.24) is 0 Å². The van der Waals surface area contributed by atoms with Gasteiger partial charge in [0.1, 0.15) is 5.38 Å². The van der Waals surface area contributed by atoms with E-state index in [0.717, 1.165) is 0 Å². The van der Waals surface area contributed by atoms with E-state index in [9.17, 15) is 33.4 Å². The van der Waals surface area contributed by atoms with E-state index < -0.39 is 52.2 Å². The number of rotatable bonds is 2. The molecule has 0 aliphatic heterocycles. The first-order valence-electron chi connectivity index (χ1n) is 4.62. The molecule has 98 valence electrons. The molecule has 4 unspecified atom stereocenters. The Morgan fingerprint density at radius 1 is 1.12 bits per heavy atom. The zero-order valence-electron chi connectivity index (χ0n) is 8.26. The maximum absolute atomic E-state index is 12.5. The average molecular weight is 277 g/mol. The molecular formula is C7H8ClF3N2O4. The van der Waals surface area contributed by atoms with Gasteiger partial charge in [-0.15, -0.1) is 11.6 Å². The van der Waals surface area contributed by atoms with Gasteiger partial charge in [0.25, 0.3) is 0 Å². The Morgan fingerprint density at radius 2 is 1.65 bits per heavy atom. The van der Waals surface area contributed by atoms with Crippen LogP contribution in [0.4, 0.5) is 13.2 Å².